The fourth-order valence-corrected chi connectivity index (χ4v) is 3.38. The van der Waals surface area contributed by atoms with E-state index in [1.165, 1.54) is 0 Å². The molecule has 0 amide bonds. The van der Waals surface area contributed by atoms with Gasteiger partial charge >= 0.3 is 5.63 Å². The largest absolute Gasteiger partial charge is 0.422 e. The quantitative estimate of drug-likeness (QED) is 0.384. The summed E-state index contributed by atoms with van der Waals surface area (Å²) < 4.78 is 10.6. The Hall–Kier alpha value is -2.82. The van der Waals surface area contributed by atoms with E-state index in [2.05, 4.69) is 10.3 Å². The number of rotatable bonds is 4. The second-order valence-electron chi connectivity index (χ2n) is 6.84. The van der Waals surface area contributed by atoms with E-state index < -0.39 is 42.9 Å². The van der Waals surface area contributed by atoms with Gasteiger partial charge in [0.1, 0.15) is 29.9 Å². The molecule has 29 heavy (non-hydrogen) atoms. The molecule has 1 saturated heterocycles. The summed E-state index contributed by atoms with van der Waals surface area (Å²) >= 11 is 0. The lowest BCUT2D eigenvalue weighted by Gasteiger charge is -2.40. The number of aromatic nitrogens is 1. The molecular weight excluding hydrogens is 380 g/mol. The minimum absolute atomic E-state index is 0.312. The lowest BCUT2D eigenvalue weighted by molar-refractivity contribution is -0.245. The van der Waals surface area contributed by atoms with Crippen molar-refractivity contribution in [3.8, 4) is 11.1 Å². The van der Waals surface area contributed by atoms with Crippen LogP contribution >= 0.6 is 0 Å². The molecule has 4 unspecified atom stereocenters. The van der Waals surface area contributed by atoms with Crippen LogP contribution in [-0.4, -0.2) is 62.7 Å². The molecule has 9 nitrogen and oxygen atoms in total. The van der Waals surface area contributed by atoms with Crippen LogP contribution in [0.25, 0.3) is 22.1 Å². The topological polar surface area (TPSA) is 145 Å². The second-order valence-corrected chi connectivity index (χ2v) is 6.84. The fourth-order valence-electron chi connectivity index (χ4n) is 3.38. The van der Waals surface area contributed by atoms with E-state index in [0.29, 0.717) is 27.8 Å². The fraction of sp³-hybridized carbons (Fsp3) is 0.300. The molecule has 1 aliphatic heterocycles. The third-order valence-electron chi connectivity index (χ3n) is 4.96. The molecule has 5 N–H and O–H groups in total. The number of anilines is 1. The van der Waals surface area contributed by atoms with E-state index >= 15 is 0 Å². The van der Waals surface area contributed by atoms with Gasteiger partial charge in [0.25, 0.3) is 0 Å². The van der Waals surface area contributed by atoms with E-state index in [0.717, 1.165) is 0 Å². The summed E-state index contributed by atoms with van der Waals surface area (Å²) in [6.45, 7) is -0.539. The molecule has 3 heterocycles. The Bertz CT molecular complexity index is 1060. The van der Waals surface area contributed by atoms with Crippen molar-refractivity contribution in [2.75, 3.05) is 11.9 Å². The average molecular weight is 400 g/mol. The van der Waals surface area contributed by atoms with Crippen molar-refractivity contribution in [1.82, 2.24) is 4.98 Å². The molecule has 0 radical (unpaired) electrons. The van der Waals surface area contributed by atoms with E-state index in [4.69, 9.17) is 14.3 Å². The summed E-state index contributed by atoms with van der Waals surface area (Å²) in [4.78, 5) is 16.3. The zero-order valence-corrected chi connectivity index (χ0v) is 15.2. The van der Waals surface area contributed by atoms with Crippen molar-refractivity contribution in [3.05, 3.63) is 59.2 Å². The Morgan fingerprint density at radius 1 is 1.03 bits per heavy atom. The molecule has 0 saturated carbocycles. The Kier molecular flexibility index (Phi) is 5.31. The van der Waals surface area contributed by atoms with E-state index in [9.17, 15) is 20.1 Å². The first kappa shape index (κ1) is 19.5. The Labute approximate surface area is 164 Å². The minimum Gasteiger partial charge on any atom is -0.422 e. The summed E-state index contributed by atoms with van der Waals surface area (Å²) in [7, 11) is 0. The van der Waals surface area contributed by atoms with Crippen molar-refractivity contribution < 1.29 is 29.6 Å². The van der Waals surface area contributed by atoms with Gasteiger partial charge in [-0.2, -0.15) is 0 Å². The molecule has 5 atom stereocenters. The maximum Gasteiger partial charge on any atom is 0.344 e. The summed E-state index contributed by atoms with van der Waals surface area (Å²) in [5.74, 6) is 0. The van der Waals surface area contributed by atoms with Gasteiger partial charge in [0.05, 0.1) is 12.2 Å². The molecular formula is C20H20N2O7. The van der Waals surface area contributed by atoms with Gasteiger partial charge in [0.2, 0.25) is 0 Å². The van der Waals surface area contributed by atoms with Gasteiger partial charge in [-0.3, -0.25) is 4.98 Å². The van der Waals surface area contributed by atoms with Crippen LogP contribution in [0.3, 0.4) is 0 Å². The number of ether oxygens (including phenoxy) is 1. The number of aliphatic hydroxyl groups excluding tert-OH is 4. The normalized spacial score (nSPS) is 27.1. The van der Waals surface area contributed by atoms with Gasteiger partial charge in [-0.15, -0.1) is 0 Å². The highest BCUT2D eigenvalue weighted by molar-refractivity contribution is 5.84. The number of nitrogens with zero attached hydrogens (tertiary/aromatic N) is 1. The molecule has 2 aromatic heterocycles. The van der Waals surface area contributed by atoms with Crippen LogP contribution in [0.15, 0.2) is 58.0 Å². The Morgan fingerprint density at radius 3 is 2.52 bits per heavy atom. The molecule has 1 aliphatic rings. The van der Waals surface area contributed by atoms with Crippen LogP contribution in [0, 0.1) is 0 Å². The average Bonchev–Trinajstić information content (AvgIpc) is 2.73. The highest BCUT2D eigenvalue weighted by Gasteiger charge is 2.43. The molecule has 9 heteroatoms. The van der Waals surface area contributed by atoms with Crippen molar-refractivity contribution in [1.29, 1.82) is 0 Å². The smallest absolute Gasteiger partial charge is 0.344 e. The van der Waals surface area contributed by atoms with Gasteiger partial charge in [-0.05, 0) is 35.9 Å². The maximum atomic E-state index is 12.4. The van der Waals surface area contributed by atoms with Crippen molar-refractivity contribution in [2.45, 2.75) is 30.6 Å². The first-order valence-corrected chi connectivity index (χ1v) is 9.03. The maximum absolute atomic E-state index is 12.4. The van der Waals surface area contributed by atoms with Crippen LogP contribution in [0.5, 0.6) is 0 Å². The van der Waals surface area contributed by atoms with Crippen LogP contribution in [0.4, 0.5) is 5.69 Å². The summed E-state index contributed by atoms with van der Waals surface area (Å²) in [5.41, 5.74) is 1.34. The van der Waals surface area contributed by atoms with Gasteiger partial charge in [-0.1, -0.05) is 0 Å². The van der Waals surface area contributed by atoms with E-state index in [1.807, 2.05) is 0 Å². The number of pyridine rings is 1. The first-order chi connectivity index (χ1) is 14.0. The predicted octanol–water partition coefficient (Wildman–Crippen LogP) is 0.0668. The minimum atomic E-state index is -1.46. The molecule has 1 fully saturated rings. The molecule has 152 valence electrons. The lowest BCUT2D eigenvalue weighted by Crippen LogP contribution is -2.61. The number of nitrogens with one attached hydrogen (secondary N) is 1. The summed E-state index contributed by atoms with van der Waals surface area (Å²) in [6.07, 6.45) is -2.12. The number of hydrogen-bond acceptors (Lipinski definition) is 9. The predicted molar refractivity (Wildman–Crippen MR) is 103 cm³/mol. The number of fused-ring (bicyclic) bond motifs is 1. The summed E-state index contributed by atoms with van der Waals surface area (Å²) in [5, 5.41) is 43.1. The van der Waals surface area contributed by atoms with Crippen molar-refractivity contribution >= 4 is 16.7 Å². The molecule has 4 rings (SSSR count). The number of benzene rings is 1. The second kappa shape index (κ2) is 7.90. The van der Waals surface area contributed by atoms with Crippen LogP contribution in [0.2, 0.25) is 0 Å². The van der Waals surface area contributed by atoms with E-state index in [1.54, 1.807) is 48.8 Å². The third-order valence-corrected chi connectivity index (χ3v) is 4.96. The highest BCUT2D eigenvalue weighted by Crippen LogP contribution is 2.26. The van der Waals surface area contributed by atoms with E-state index in [-0.39, 0.29) is 0 Å². The van der Waals surface area contributed by atoms with Gasteiger partial charge in [0.15, 0.2) is 6.29 Å². The molecule has 3 aromatic rings. The zero-order valence-electron chi connectivity index (χ0n) is 15.2. The zero-order chi connectivity index (χ0) is 20.5. The van der Waals surface area contributed by atoms with Crippen molar-refractivity contribution in [2.24, 2.45) is 0 Å². The molecule has 0 spiro atoms. The monoisotopic (exact) mass is 400 g/mol. The van der Waals surface area contributed by atoms with Crippen LogP contribution in [0.1, 0.15) is 0 Å². The number of hydrogen-bond donors (Lipinski definition) is 5. The Balaban J connectivity index is 1.62. The SMILES string of the molecule is O=c1oc2cc(NC3C(O)OC(CO)[C@H](O)C3O)ccc2cc1-c1ccncc1. The highest BCUT2D eigenvalue weighted by atomic mass is 16.6. The third kappa shape index (κ3) is 3.74. The summed E-state index contributed by atoms with van der Waals surface area (Å²) in [6, 6.07) is 9.05. The Morgan fingerprint density at radius 2 is 1.79 bits per heavy atom. The standard InChI is InChI=1S/C20H20N2O7/c23-9-15-17(24)18(25)16(20(27)29-15)22-12-2-1-11-7-13(10-3-5-21-6-4-10)19(26)28-14(11)8-12/h1-8,15-18,20,22-25,27H,9H2/t15?,16?,17-,18?,20?/m0/s1. The van der Waals surface area contributed by atoms with Gasteiger partial charge in [0, 0.05) is 29.5 Å². The number of aliphatic hydroxyl groups is 4. The lowest BCUT2D eigenvalue weighted by atomic mass is 9.97. The van der Waals surface area contributed by atoms with Crippen LogP contribution < -0.4 is 10.9 Å². The first-order valence-electron chi connectivity index (χ1n) is 9.03. The van der Waals surface area contributed by atoms with Crippen molar-refractivity contribution in [3.63, 3.8) is 0 Å². The van der Waals surface area contributed by atoms with Gasteiger partial charge in [-0.25, -0.2) is 4.79 Å². The molecule has 0 aliphatic carbocycles. The molecule has 0 bridgehead atoms. The van der Waals surface area contributed by atoms with Gasteiger partial charge < -0.3 is 34.9 Å². The molecule has 1 aromatic carbocycles. The van der Waals surface area contributed by atoms with Crippen LogP contribution in [-0.2, 0) is 4.74 Å².